The van der Waals surface area contributed by atoms with Crippen molar-refractivity contribution in [2.45, 2.75) is 117 Å². The molecule has 0 aromatic heterocycles. The first kappa shape index (κ1) is 36.5. The van der Waals surface area contributed by atoms with Crippen LogP contribution in [0.3, 0.4) is 0 Å². The molecule has 1 aliphatic heterocycles. The van der Waals surface area contributed by atoms with Crippen molar-refractivity contribution in [1.82, 2.24) is 15.5 Å². The van der Waals surface area contributed by atoms with Gasteiger partial charge >= 0.3 is 12.0 Å². The maximum Gasteiger partial charge on any atom is 0.332 e. The van der Waals surface area contributed by atoms with Gasteiger partial charge in [0.25, 0.3) is 5.91 Å². The van der Waals surface area contributed by atoms with Gasteiger partial charge in [-0.05, 0) is 66.8 Å². The Labute approximate surface area is 289 Å². The van der Waals surface area contributed by atoms with E-state index < -0.39 is 47.2 Å². The van der Waals surface area contributed by atoms with Gasteiger partial charge in [-0.2, -0.15) is 0 Å². The fraction of sp³-hybridized carbons (Fsp3) is 0.684. The molecule has 1 saturated heterocycles. The Hall–Kier alpha value is -3.76. The molecule has 49 heavy (non-hydrogen) atoms. The zero-order valence-electron chi connectivity index (χ0n) is 29.7. The molecule has 1 aromatic carbocycles. The van der Waals surface area contributed by atoms with Crippen LogP contribution in [0, 0.1) is 40.9 Å². The number of fused-ring (bicyclic) bond motifs is 1. The van der Waals surface area contributed by atoms with Crippen LogP contribution < -0.4 is 16.4 Å². The zero-order chi connectivity index (χ0) is 35.7. The van der Waals surface area contributed by atoms with E-state index in [2.05, 4.69) is 24.5 Å². The number of Topliss-reactive ketones (excluding diaryl/α,β-unsaturated/α-hetero) is 2. The Morgan fingerprint density at radius 1 is 1.00 bits per heavy atom. The lowest BCUT2D eigenvalue weighted by Gasteiger charge is -2.38. The maximum absolute atomic E-state index is 14.6. The number of likely N-dealkylation sites (tertiary alicyclic amines) is 1. The van der Waals surface area contributed by atoms with Gasteiger partial charge in [0, 0.05) is 18.9 Å². The van der Waals surface area contributed by atoms with E-state index in [0.29, 0.717) is 18.9 Å². The third-order valence-electron chi connectivity index (χ3n) is 12.0. The Balaban J connectivity index is 1.33. The van der Waals surface area contributed by atoms with Gasteiger partial charge in [0.15, 0.2) is 5.78 Å². The maximum atomic E-state index is 14.6. The molecule has 0 radical (unpaired) electrons. The number of carbonyl (C=O) groups is 6. The molecule has 4 amide bonds. The number of ether oxygens (including phenoxy) is 1. The molecule has 3 saturated carbocycles. The SMILES string of the molecule is CC(C)[C@](C)(NC(=O)N[C@H](C(=O)N1C[C@H]2[C@@H]([C@H]1C(=O)CC(CC1CC1)C(=O)C(N)=O)C2(C)C)C1CCCCC1)C(=O)OCc1ccccc1. The number of hydrogen-bond acceptors (Lipinski definition) is 7. The average molecular weight is 679 g/mol. The van der Waals surface area contributed by atoms with Crippen molar-refractivity contribution in [2.75, 3.05) is 6.54 Å². The first-order chi connectivity index (χ1) is 23.1. The fourth-order valence-electron chi connectivity index (χ4n) is 8.23. The second-order valence-corrected chi connectivity index (χ2v) is 16.1. The summed E-state index contributed by atoms with van der Waals surface area (Å²) >= 11 is 0. The standard InChI is InChI=1S/C38H54N4O7/c1-22(2)38(5,35(47)49-21-24-12-8-6-9-13-24)41-36(48)40-30(25-14-10-7-11-15-25)34(46)42-20-27-29(37(27,3)4)31(42)28(43)19-26(18-23-16-17-23)32(44)33(39)45/h6,8-9,12-13,22-23,25-27,29-31H,7,10-11,14-21H2,1-5H3,(H2,39,45)(H2,40,41,48)/t26?,27-,29-,30-,31+,38-/m0/s1. The molecule has 11 heteroatoms. The minimum Gasteiger partial charge on any atom is -0.459 e. The highest BCUT2D eigenvalue weighted by molar-refractivity contribution is 6.36. The summed E-state index contributed by atoms with van der Waals surface area (Å²) in [5.74, 6) is -3.80. The number of nitrogens with zero attached hydrogens (tertiary/aromatic N) is 1. The predicted octanol–water partition coefficient (Wildman–Crippen LogP) is 4.31. The number of amides is 4. The number of esters is 1. The van der Waals surface area contributed by atoms with Crippen molar-refractivity contribution < 1.29 is 33.5 Å². The van der Waals surface area contributed by atoms with Crippen LogP contribution in [0.2, 0.25) is 0 Å². The van der Waals surface area contributed by atoms with Crippen molar-refractivity contribution in [3.63, 3.8) is 0 Å². The van der Waals surface area contributed by atoms with Crippen molar-refractivity contribution in [1.29, 1.82) is 0 Å². The van der Waals surface area contributed by atoms with Crippen LogP contribution in [-0.2, 0) is 35.3 Å². The number of primary amides is 1. The Kier molecular flexibility index (Phi) is 10.9. The molecule has 4 aliphatic rings. The van der Waals surface area contributed by atoms with Crippen molar-refractivity contribution in [3.05, 3.63) is 35.9 Å². The average Bonchev–Trinajstić information content (AvgIpc) is 3.93. The Morgan fingerprint density at radius 2 is 1.65 bits per heavy atom. The summed E-state index contributed by atoms with van der Waals surface area (Å²) < 4.78 is 5.63. The number of rotatable bonds is 15. The highest BCUT2D eigenvalue weighted by Gasteiger charge is 2.69. The van der Waals surface area contributed by atoms with Gasteiger partial charge < -0.3 is 26.0 Å². The first-order valence-corrected chi connectivity index (χ1v) is 18.1. The minimum atomic E-state index is -1.37. The van der Waals surface area contributed by atoms with E-state index in [-0.39, 0.29) is 53.8 Å². The van der Waals surface area contributed by atoms with Crippen LogP contribution in [0.5, 0.6) is 0 Å². The fourth-order valence-corrected chi connectivity index (χ4v) is 8.23. The third-order valence-corrected chi connectivity index (χ3v) is 12.0. The van der Waals surface area contributed by atoms with Crippen molar-refractivity contribution in [2.24, 2.45) is 46.7 Å². The van der Waals surface area contributed by atoms with Gasteiger partial charge in [-0.25, -0.2) is 9.59 Å². The normalized spacial score (nSPS) is 25.3. The summed E-state index contributed by atoms with van der Waals surface area (Å²) in [7, 11) is 0. The molecule has 1 heterocycles. The van der Waals surface area contributed by atoms with E-state index >= 15 is 0 Å². The topological polar surface area (TPSA) is 165 Å². The summed E-state index contributed by atoms with van der Waals surface area (Å²) in [5.41, 5.74) is 4.67. The van der Waals surface area contributed by atoms with E-state index in [1.165, 1.54) is 0 Å². The molecule has 4 N–H and O–H groups in total. The smallest absolute Gasteiger partial charge is 0.332 e. The van der Waals surface area contributed by atoms with Crippen LogP contribution in [-0.4, -0.2) is 64.4 Å². The monoisotopic (exact) mass is 678 g/mol. The second kappa shape index (κ2) is 14.6. The molecule has 0 bridgehead atoms. The van der Waals surface area contributed by atoms with E-state index in [9.17, 15) is 28.8 Å². The lowest BCUT2D eigenvalue weighted by molar-refractivity contribution is -0.153. The van der Waals surface area contributed by atoms with E-state index in [1.54, 1.807) is 11.8 Å². The number of ketones is 2. The van der Waals surface area contributed by atoms with Crippen molar-refractivity contribution >= 4 is 35.4 Å². The van der Waals surface area contributed by atoms with Gasteiger partial charge in [0.05, 0.1) is 6.04 Å². The molecular weight excluding hydrogens is 624 g/mol. The molecular formula is C38H54N4O7. The predicted molar refractivity (Wildman–Crippen MR) is 182 cm³/mol. The number of urea groups is 1. The summed E-state index contributed by atoms with van der Waals surface area (Å²) in [6.07, 6.45) is 6.61. The molecule has 11 nitrogen and oxygen atoms in total. The van der Waals surface area contributed by atoms with Gasteiger partial charge in [-0.1, -0.05) is 90.1 Å². The lowest BCUT2D eigenvalue weighted by Crippen LogP contribution is -2.63. The van der Waals surface area contributed by atoms with E-state index in [0.717, 1.165) is 50.5 Å². The highest BCUT2D eigenvalue weighted by atomic mass is 16.5. The number of carbonyl (C=O) groups excluding carboxylic acids is 6. The quantitative estimate of drug-likeness (QED) is 0.184. The minimum absolute atomic E-state index is 0.0596. The lowest BCUT2D eigenvalue weighted by atomic mass is 9.82. The van der Waals surface area contributed by atoms with E-state index in [1.807, 2.05) is 44.2 Å². The van der Waals surface area contributed by atoms with Crippen LogP contribution in [0.25, 0.3) is 0 Å². The zero-order valence-corrected chi connectivity index (χ0v) is 29.7. The molecule has 268 valence electrons. The largest absolute Gasteiger partial charge is 0.459 e. The van der Waals surface area contributed by atoms with Crippen molar-refractivity contribution in [3.8, 4) is 0 Å². The Bertz CT molecular complexity index is 1430. The van der Waals surface area contributed by atoms with Crippen LogP contribution in [0.15, 0.2) is 30.3 Å². The summed E-state index contributed by atoms with van der Waals surface area (Å²) in [6.45, 7) is 9.89. The van der Waals surface area contributed by atoms with Crippen LogP contribution in [0.4, 0.5) is 4.79 Å². The molecule has 5 rings (SSSR count). The molecule has 1 aromatic rings. The number of nitrogens with one attached hydrogen (secondary N) is 2. The second-order valence-electron chi connectivity index (χ2n) is 16.1. The summed E-state index contributed by atoms with van der Waals surface area (Å²) in [4.78, 5) is 82.1. The molecule has 0 spiro atoms. The summed E-state index contributed by atoms with van der Waals surface area (Å²) in [5, 5.41) is 5.78. The van der Waals surface area contributed by atoms with Crippen LogP contribution >= 0.6 is 0 Å². The molecule has 1 unspecified atom stereocenters. The van der Waals surface area contributed by atoms with Gasteiger partial charge in [-0.15, -0.1) is 0 Å². The molecule has 6 atom stereocenters. The number of nitrogens with two attached hydrogens (primary N) is 1. The van der Waals surface area contributed by atoms with Gasteiger partial charge in [0.2, 0.25) is 11.7 Å². The number of hydrogen-bond donors (Lipinski definition) is 3. The van der Waals surface area contributed by atoms with E-state index in [4.69, 9.17) is 10.5 Å². The van der Waals surface area contributed by atoms with Gasteiger partial charge in [-0.3, -0.25) is 19.2 Å². The first-order valence-electron chi connectivity index (χ1n) is 18.1. The molecule has 4 fully saturated rings. The van der Waals surface area contributed by atoms with Gasteiger partial charge in [0.1, 0.15) is 18.2 Å². The van der Waals surface area contributed by atoms with Crippen LogP contribution in [0.1, 0.15) is 98.0 Å². The highest BCUT2D eigenvalue weighted by Crippen LogP contribution is 2.65. The Morgan fingerprint density at radius 3 is 2.24 bits per heavy atom. The summed E-state index contributed by atoms with van der Waals surface area (Å²) in [6, 6.07) is 6.99. The third kappa shape index (κ3) is 8.01. The number of piperidine rings is 1. The molecule has 3 aliphatic carbocycles. The number of benzene rings is 1.